The van der Waals surface area contributed by atoms with E-state index in [0.29, 0.717) is 0 Å². The Morgan fingerprint density at radius 1 is 1.46 bits per heavy atom. The van der Waals surface area contributed by atoms with Gasteiger partial charge in [-0.05, 0) is 48.8 Å². The number of halogens is 1. The second-order valence-corrected chi connectivity index (χ2v) is 4.84. The normalized spacial score (nSPS) is 11.0. The standard InChI is InChI=1S/C10H16BrNS/c1-12(6-3-2-5-11)8-10-4-7-13-9-10/h4,7,9H,2-3,5-6,8H2,1H3. The Bertz CT molecular complexity index is 211. The SMILES string of the molecule is CN(CCCCBr)Cc1ccsc1. The van der Waals surface area contributed by atoms with E-state index in [1.165, 1.54) is 24.9 Å². The van der Waals surface area contributed by atoms with Crippen LogP contribution in [-0.4, -0.2) is 23.8 Å². The largest absolute Gasteiger partial charge is 0.302 e. The molecule has 0 unspecified atom stereocenters. The molecular weight excluding hydrogens is 246 g/mol. The summed E-state index contributed by atoms with van der Waals surface area (Å²) in [6, 6.07) is 2.20. The minimum atomic E-state index is 1.09. The van der Waals surface area contributed by atoms with Gasteiger partial charge in [-0.2, -0.15) is 11.3 Å². The summed E-state index contributed by atoms with van der Waals surface area (Å²) in [5.74, 6) is 0. The molecule has 1 aromatic rings. The highest BCUT2D eigenvalue weighted by Crippen LogP contribution is 2.08. The number of rotatable bonds is 6. The van der Waals surface area contributed by atoms with Crippen molar-refractivity contribution in [2.45, 2.75) is 19.4 Å². The van der Waals surface area contributed by atoms with Crippen LogP contribution < -0.4 is 0 Å². The van der Waals surface area contributed by atoms with Crippen molar-refractivity contribution in [2.24, 2.45) is 0 Å². The quantitative estimate of drug-likeness (QED) is 0.561. The molecule has 0 atom stereocenters. The first-order chi connectivity index (χ1) is 6.33. The van der Waals surface area contributed by atoms with E-state index >= 15 is 0 Å². The summed E-state index contributed by atoms with van der Waals surface area (Å²) in [6.45, 7) is 2.28. The van der Waals surface area contributed by atoms with Gasteiger partial charge in [0, 0.05) is 11.9 Å². The zero-order valence-corrected chi connectivity index (χ0v) is 10.4. The lowest BCUT2D eigenvalue weighted by Crippen LogP contribution is -2.18. The zero-order valence-electron chi connectivity index (χ0n) is 8.00. The van der Waals surface area contributed by atoms with Gasteiger partial charge in [-0.15, -0.1) is 0 Å². The number of alkyl halides is 1. The number of unbranched alkanes of at least 4 members (excludes halogenated alkanes) is 1. The first-order valence-corrected chi connectivity index (χ1v) is 6.65. The van der Waals surface area contributed by atoms with Crippen LogP contribution in [0.5, 0.6) is 0 Å². The van der Waals surface area contributed by atoms with E-state index in [0.717, 1.165) is 11.9 Å². The van der Waals surface area contributed by atoms with Crippen LogP contribution in [0.2, 0.25) is 0 Å². The van der Waals surface area contributed by atoms with Crippen LogP contribution in [0.1, 0.15) is 18.4 Å². The fourth-order valence-corrected chi connectivity index (χ4v) is 2.31. The third kappa shape index (κ3) is 4.79. The summed E-state index contributed by atoms with van der Waals surface area (Å²) >= 11 is 5.22. The average molecular weight is 262 g/mol. The molecule has 0 fully saturated rings. The fraction of sp³-hybridized carbons (Fsp3) is 0.600. The molecule has 13 heavy (non-hydrogen) atoms. The van der Waals surface area contributed by atoms with Crippen LogP contribution in [0.15, 0.2) is 16.8 Å². The summed E-state index contributed by atoms with van der Waals surface area (Å²) < 4.78 is 0. The molecule has 1 heterocycles. The van der Waals surface area contributed by atoms with E-state index in [-0.39, 0.29) is 0 Å². The molecule has 0 amide bonds. The van der Waals surface area contributed by atoms with Gasteiger partial charge < -0.3 is 4.90 Å². The smallest absolute Gasteiger partial charge is 0.0238 e. The minimum absolute atomic E-state index is 1.09. The summed E-state index contributed by atoms with van der Waals surface area (Å²) in [7, 11) is 2.19. The van der Waals surface area contributed by atoms with Crippen molar-refractivity contribution < 1.29 is 0 Å². The molecule has 0 saturated heterocycles. The van der Waals surface area contributed by atoms with E-state index in [1.807, 2.05) is 0 Å². The lowest BCUT2D eigenvalue weighted by atomic mass is 10.3. The van der Waals surface area contributed by atoms with Crippen molar-refractivity contribution in [1.82, 2.24) is 4.90 Å². The van der Waals surface area contributed by atoms with Crippen LogP contribution in [0.25, 0.3) is 0 Å². The Kier molecular flexibility index (Phi) is 5.67. The van der Waals surface area contributed by atoms with Crippen LogP contribution in [0, 0.1) is 0 Å². The monoisotopic (exact) mass is 261 g/mol. The van der Waals surface area contributed by atoms with E-state index in [2.05, 4.69) is 44.7 Å². The molecule has 0 saturated carbocycles. The highest BCUT2D eigenvalue weighted by molar-refractivity contribution is 9.09. The molecule has 1 rings (SSSR count). The molecule has 0 N–H and O–H groups in total. The van der Waals surface area contributed by atoms with Crippen LogP contribution in [0.3, 0.4) is 0 Å². The minimum Gasteiger partial charge on any atom is -0.302 e. The lowest BCUT2D eigenvalue weighted by Gasteiger charge is -2.14. The summed E-state index contributed by atoms with van der Waals surface area (Å²) in [6.07, 6.45) is 2.56. The van der Waals surface area contributed by atoms with Crippen LogP contribution in [0.4, 0.5) is 0 Å². The maximum Gasteiger partial charge on any atom is 0.0238 e. The summed E-state index contributed by atoms with van der Waals surface area (Å²) in [4.78, 5) is 2.38. The Hall–Kier alpha value is 0.140. The van der Waals surface area contributed by atoms with Crippen LogP contribution >= 0.6 is 27.3 Å². The molecule has 0 spiro atoms. The Balaban J connectivity index is 2.14. The number of thiophene rings is 1. The third-order valence-electron chi connectivity index (χ3n) is 1.96. The van der Waals surface area contributed by atoms with Gasteiger partial charge in [-0.1, -0.05) is 15.9 Å². The van der Waals surface area contributed by atoms with Gasteiger partial charge in [0.15, 0.2) is 0 Å². The van der Waals surface area contributed by atoms with Gasteiger partial charge >= 0.3 is 0 Å². The highest BCUT2D eigenvalue weighted by atomic mass is 79.9. The van der Waals surface area contributed by atoms with Crippen molar-refractivity contribution in [2.75, 3.05) is 18.9 Å². The maximum atomic E-state index is 3.44. The van der Waals surface area contributed by atoms with Crippen molar-refractivity contribution in [1.29, 1.82) is 0 Å². The van der Waals surface area contributed by atoms with Crippen molar-refractivity contribution in [3.05, 3.63) is 22.4 Å². The highest BCUT2D eigenvalue weighted by Gasteiger charge is 1.99. The molecule has 74 valence electrons. The van der Waals surface area contributed by atoms with E-state index in [9.17, 15) is 0 Å². The molecule has 0 bridgehead atoms. The molecule has 0 aromatic carbocycles. The first-order valence-electron chi connectivity index (χ1n) is 4.58. The molecule has 1 nitrogen and oxygen atoms in total. The van der Waals surface area contributed by atoms with Gasteiger partial charge in [0.1, 0.15) is 0 Å². The number of nitrogens with zero attached hydrogens (tertiary/aromatic N) is 1. The van der Waals surface area contributed by atoms with Gasteiger partial charge in [0.2, 0.25) is 0 Å². The Morgan fingerprint density at radius 2 is 2.31 bits per heavy atom. The van der Waals surface area contributed by atoms with Crippen molar-refractivity contribution in [3.8, 4) is 0 Å². The van der Waals surface area contributed by atoms with Crippen molar-refractivity contribution >= 4 is 27.3 Å². The molecule has 3 heteroatoms. The molecule has 1 aromatic heterocycles. The van der Waals surface area contributed by atoms with Gasteiger partial charge in [0.25, 0.3) is 0 Å². The fourth-order valence-electron chi connectivity index (χ4n) is 1.25. The Labute approximate surface area is 92.9 Å². The second kappa shape index (κ2) is 6.57. The molecule has 0 aliphatic carbocycles. The molecular formula is C10H16BrNS. The summed E-state index contributed by atoms with van der Waals surface area (Å²) in [5, 5.41) is 5.49. The van der Waals surface area contributed by atoms with E-state index in [1.54, 1.807) is 11.3 Å². The average Bonchev–Trinajstić information content (AvgIpc) is 2.57. The molecule has 0 aliphatic rings. The number of hydrogen-bond acceptors (Lipinski definition) is 2. The molecule has 0 radical (unpaired) electrons. The zero-order chi connectivity index (χ0) is 9.52. The summed E-state index contributed by atoms with van der Waals surface area (Å²) in [5.41, 5.74) is 1.44. The van der Waals surface area contributed by atoms with Gasteiger partial charge in [0.05, 0.1) is 0 Å². The van der Waals surface area contributed by atoms with Crippen LogP contribution in [-0.2, 0) is 6.54 Å². The van der Waals surface area contributed by atoms with Gasteiger partial charge in [-0.3, -0.25) is 0 Å². The third-order valence-corrected chi connectivity index (χ3v) is 3.25. The van der Waals surface area contributed by atoms with E-state index < -0.39 is 0 Å². The van der Waals surface area contributed by atoms with E-state index in [4.69, 9.17) is 0 Å². The predicted octanol–water partition coefficient (Wildman–Crippen LogP) is 3.36. The van der Waals surface area contributed by atoms with Gasteiger partial charge in [-0.25, -0.2) is 0 Å². The number of hydrogen-bond donors (Lipinski definition) is 0. The molecule has 0 aliphatic heterocycles. The lowest BCUT2D eigenvalue weighted by molar-refractivity contribution is 0.322. The Morgan fingerprint density at radius 3 is 2.92 bits per heavy atom. The second-order valence-electron chi connectivity index (χ2n) is 3.27. The van der Waals surface area contributed by atoms with Crippen molar-refractivity contribution in [3.63, 3.8) is 0 Å². The maximum absolute atomic E-state index is 3.44. The first kappa shape index (κ1) is 11.2. The topological polar surface area (TPSA) is 3.24 Å². The predicted molar refractivity (Wildman–Crippen MR) is 63.7 cm³/mol.